The molecule has 0 aliphatic heterocycles. The van der Waals surface area contributed by atoms with E-state index in [0.717, 1.165) is 18.8 Å². The van der Waals surface area contributed by atoms with Crippen molar-refractivity contribution in [1.82, 2.24) is 5.32 Å². The van der Waals surface area contributed by atoms with Gasteiger partial charge < -0.3 is 10.1 Å². The van der Waals surface area contributed by atoms with Crippen molar-refractivity contribution in [3.8, 4) is 5.75 Å². The van der Waals surface area contributed by atoms with Gasteiger partial charge in [0.15, 0.2) is 0 Å². The minimum absolute atomic E-state index is 0.834. The molecule has 3 aromatic carbocycles. The summed E-state index contributed by atoms with van der Waals surface area (Å²) in [6.45, 7) is 1.69. The van der Waals surface area contributed by atoms with E-state index in [1.165, 1.54) is 21.9 Å². The Bertz CT molecular complexity index is 731. The maximum absolute atomic E-state index is 5.25. The van der Waals surface area contributed by atoms with Crippen LogP contribution in [0.15, 0.2) is 66.7 Å². The first kappa shape index (κ1) is 13.7. The van der Waals surface area contributed by atoms with Gasteiger partial charge in [-0.05, 0) is 34.0 Å². The van der Waals surface area contributed by atoms with E-state index >= 15 is 0 Å². The fourth-order valence-corrected chi connectivity index (χ4v) is 2.57. The molecule has 2 heteroatoms. The fraction of sp³-hybridized carbons (Fsp3) is 0.158. The van der Waals surface area contributed by atoms with Gasteiger partial charge in [0, 0.05) is 13.1 Å². The van der Waals surface area contributed by atoms with Crippen molar-refractivity contribution in [3.05, 3.63) is 77.9 Å². The van der Waals surface area contributed by atoms with Gasteiger partial charge in [-0.1, -0.05) is 54.6 Å². The predicted octanol–water partition coefficient (Wildman–Crippen LogP) is 4.14. The highest BCUT2D eigenvalue weighted by Crippen LogP contribution is 2.18. The summed E-state index contributed by atoms with van der Waals surface area (Å²) in [4.78, 5) is 0. The average Bonchev–Trinajstić information content (AvgIpc) is 2.55. The molecule has 0 bridgehead atoms. The van der Waals surface area contributed by atoms with Crippen molar-refractivity contribution in [2.24, 2.45) is 0 Å². The van der Waals surface area contributed by atoms with Crippen molar-refractivity contribution in [2.75, 3.05) is 7.11 Å². The largest absolute Gasteiger partial charge is 0.497 e. The van der Waals surface area contributed by atoms with E-state index in [0.29, 0.717) is 0 Å². The van der Waals surface area contributed by atoms with Gasteiger partial charge in [-0.2, -0.15) is 0 Å². The Labute approximate surface area is 125 Å². The van der Waals surface area contributed by atoms with Crippen LogP contribution in [0.25, 0.3) is 10.8 Å². The van der Waals surface area contributed by atoms with Gasteiger partial charge in [-0.15, -0.1) is 0 Å². The highest BCUT2D eigenvalue weighted by Gasteiger charge is 2.00. The predicted molar refractivity (Wildman–Crippen MR) is 87.5 cm³/mol. The number of hydrogen-bond acceptors (Lipinski definition) is 2. The second-order valence-corrected chi connectivity index (χ2v) is 5.09. The maximum atomic E-state index is 5.25. The summed E-state index contributed by atoms with van der Waals surface area (Å²) in [5.41, 5.74) is 2.56. The van der Waals surface area contributed by atoms with Gasteiger partial charge in [-0.3, -0.25) is 0 Å². The first-order chi connectivity index (χ1) is 10.4. The molecule has 0 heterocycles. The third-order valence-corrected chi connectivity index (χ3v) is 3.66. The molecular weight excluding hydrogens is 258 g/mol. The Balaban J connectivity index is 1.69. The molecule has 106 valence electrons. The number of nitrogens with one attached hydrogen (secondary N) is 1. The van der Waals surface area contributed by atoms with Crippen LogP contribution in [0.5, 0.6) is 5.75 Å². The van der Waals surface area contributed by atoms with Crippen LogP contribution in [-0.2, 0) is 13.1 Å². The minimum Gasteiger partial charge on any atom is -0.497 e. The standard InChI is InChI=1S/C19H19NO/c1-21-18-10-4-6-15(12-18)13-20-14-17-9-5-8-16-7-2-3-11-19(16)17/h2-12,20H,13-14H2,1H3. The highest BCUT2D eigenvalue weighted by atomic mass is 16.5. The Kier molecular flexibility index (Phi) is 4.17. The molecule has 3 rings (SSSR count). The van der Waals surface area contributed by atoms with E-state index < -0.39 is 0 Å². The van der Waals surface area contributed by atoms with Gasteiger partial charge in [-0.25, -0.2) is 0 Å². The van der Waals surface area contributed by atoms with Crippen LogP contribution in [0.1, 0.15) is 11.1 Å². The summed E-state index contributed by atoms with van der Waals surface area (Å²) in [6.07, 6.45) is 0. The summed E-state index contributed by atoms with van der Waals surface area (Å²) in [6, 6.07) is 23.1. The number of benzene rings is 3. The number of ether oxygens (including phenoxy) is 1. The van der Waals surface area contributed by atoms with Gasteiger partial charge in [0.1, 0.15) is 5.75 Å². The zero-order chi connectivity index (χ0) is 14.5. The van der Waals surface area contributed by atoms with E-state index in [-0.39, 0.29) is 0 Å². The van der Waals surface area contributed by atoms with Crippen molar-refractivity contribution in [3.63, 3.8) is 0 Å². The van der Waals surface area contributed by atoms with E-state index in [9.17, 15) is 0 Å². The Morgan fingerprint density at radius 1 is 0.857 bits per heavy atom. The fourth-order valence-electron chi connectivity index (χ4n) is 2.57. The van der Waals surface area contributed by atoms with Crippen molar-refractivity contribution in [1.29, 1.82) is 0 Å². The van der Waals surface area contributed by atoms with Gasteiger partial charge in [0.25, 0.3) is 0 Å². The molecule has 0 aromatic heterocycles. The van der Waals surface area contributed by atoms with Crippen LogP contribution in [0.4, 0.5) is 0 Å². The summed E-state index contributed by atoms with van der Waals surface area (Å²) in [5, 5.41) is 6.11. The van der Waals surface area contributed by atoms with Crippen molar-refractivity contribution < 1.29 is 4.74 Å². The Morgan fingerprint density at radius 3 is 2.57 bits per heavy atom. The number of fused-ring (bicyclic) bond motifs is 1. The second kappa shape index (κ2) is 6.42. The summed E-state index contributed by atoms with van der Waals surface area (Å²) < 4.78 is 5.25. The first-order valence-electron chi connectivity index (χ1n) is 7.17. The molecular formula is C19H19NO. The molecule has 0 atom stereocenters. The SMILES string of the molecule is COc1cccc(CNCc2cccc3ccccc23)c1. The zero-order valence-corrected chi connectivity index (χ0v) is 12.2. The topological polar surface area (TPSA) is 21.3 Å². The van der Waals surface area contributed by atoms with E-state index in [1.807, 2.05) is 12.1 Å². The van der Waals surface area contributed by atoms with Crippen molar-refractivity contribution in [2.45, 2.75) is 13.1 Å². The van der Waals surface area contributed by atoms with Crippen LogP contribution in [0, 0.1) is 0 Å². The smallest absolute Gasteiger partial charge is 0.119 e. The van der Waals surface area contributed by atoms with Crippen LogP contribution < -0.4 is 10.1 Å². The lowest BCUT2D eigenvalue weighted by atomic mass is 10.0. The van der Waals surface area contributed by atoms with Crippen LogP contribution in [0.2, 0.25) is 0 Å². The molecule has 0 unspecified atom stereocenters. The van der Waals surface area contributed by atoms with Gasteiger partial charge in [0.05, 0.1) is 7.11 Å². The van der Waals surface area contributed by atoms with Crippen LogP contribution in [0.3, 0.4) is 0 Å². The van der Waals surface area contributed by atoms with Crippen LogP contribution in [-0.4, -0.2) is 7.11 Å². The Morgan fingerprint density at radius 2 is 1.67 bits per heavy atom. The molecule has 21 heavy (non-hydrogen) atoms. The molecule has 0 fully saturated rings. The lowest BCUT2D eigenvalue weighted by molar-refractivity contribution is 0.414. The molecule has 0 aliphatic rings. The second-order valence-electron chi connectivity index (χ2n) is 5.09. The van der Waals surface area contributed by atoms with Gasteiger partial charge in [0.2, 0.25) is 0 Å². The molecule has 0 radical (unpaired) electrons. The quantitative estimate of drug-likeness (QED) is 0.757. The number of methoxy groups -OCH3 is 1. The summed E-state index contributed by atoms with van der Waals surface area (Å²) in [5.74, 6) is 0.902. The normalized spacial score (nSPS) is 10.7. The monoisotopic (exact) mass is 277 g/mol. The number of rotatable bonds is 5. The minimum atomic E-state index is 0.834. The molecule has 0 aliphatic carbocycles. The first-order valence-corrected chi connectivity index (χ1v) is 7.17. The molecule has 0 amide bonds. The summed E-state index contributed by atoms with van der Waals surface area (Å²) >= 11 is 0. The molecule has 0 saturated carbocycles. The van der Waals surface area contributed by atoms with Crippen LogP contribution >= 0.6 is 0 Å². The third kappa shape index (κ3) is 3.23. The van der Waals surface area contributed by atoms with E-state index in [4.69, 9.17) is 4.74 Å². The Hall–Kier alpha value is -2.32. The van der Waals surface area contributed by atoms with E-state index in [2.05, 4.69) is 59.9 Å². The number of hydrogen-bond donors (Lipinski definition) is 1. The zero-order valence-electron chi connectivity index (χ0n) is 12.2. The van der Waals surface area contributed by atoms with Crippen molar-refractivity contribution >= 4 is 10.8 Å². The average molecular weight is 277 g/mol. The molecule has 0 saturated heterocycles. The molecule has 1 N–H and O–H groups in total. The molecule has 0 spiro atoms. The molecule has 2 nitrogen and oxygen atoms in total. The molecule has 3 aromatic rings. The lowest BCUT2D eigenvalue weighted by Crippen LogP contribution is -2.12. The highest BCUT2D eigenvalue weighted by molar-refractivity contribution is 5.85. The van der Waals surface area contributed by atoms with Gasteiger partial charge >= 0.3 is 0 Å². The lowest BCUT2D eigenvalue weighted by Gasteiger charge is -2.09. The maximum Gasteiger partial charge on any atom is 0.119 e. The summed E-state index contributed by atoms with van der Waals surface area (Å²) in [7, 11) is 1.70. The third-order valence-electron chi connectivity index (χ3n) is 3.66. The van der Waals surface area contributed by atoms with E-state index in [1.54, 1.807) is 7.11 Å².